The van der Waals surface area contributed by atoms with Gasteiger partial charge in [-0.3, -0.25) is 0 Å². The van der Waals surface area contributed by atoms with Gasteiger partial charge < -0.3 is 19.3 Å². The zero-order valence-corrected chi connectivity index (χ0v) is 8.82. The fraction of sp³-hybridized carbons (Fsp3) is 0.455. The van der Waals surface area contributed by atoms with E-state index in [1.165, 1.54) is 0 Å². The molecular weight excluding hydrogens is 196 g/mol. The summed E-state index contributed by atoms with van der Waals surface area (Å²) >= 11 is 0. The van der Waals surface area contributed by atoms with Crippen LogP contribution in [0, 0.1) is 0 Å². The lowest BCUT2D eigenvalue weighted by Crippen LogP contribution is -2.17. The third kappa shape index (κ3) is 1.72. The highest BCUT2D eigenvalue weighted by Crippen LogP contribution is 2.40. The molecule has 15 heavy (non-hydrogen) atoms. The Morgan fingerprint density at radius 3 is 2.80 bits per heavy atom. The second-order valence-corrected chi connectivity index (χ2v) is 3.44. The maximum Gasteiger partial charge on any atom is 0.165 e. The van der Waals surface area contributed by atoms with E-state index < -0.39 is 0 Å². The van der Waals surface area contributed by atoms with Crippen molar-refractivity contribution in [2.75, 3.05) is 20.8 Å². The van der Waals surface area contributed by atoms with Crippen LogP contribution in [0.2, 0.25) is 0 Å². The summed E-state index contributed by atoms with van der Waals surface area (Å²) in [5.74, 6) is 2.12. The molecule has 1 unspecified atom stereocenters. The predicted molar refractivity (Wildman–Crippen MR) is 54.8 cm³/mol. The smallest absolute Gasteiger partial charge is 0.165 e. The average Bonchev–Trinajstić information content (AvgIpc) is 2.70. The van der Waals surface area contributed by atoms with Crippen LogP contribution in [0.5, 0.6) is 17.2 Å². The van der Waals surface area contributed by atoms with Gasteiger partial charge in [-0.05, 0) is 6.07 Å². The average molecular weight is 210 g/mol. The minimum atomic E-state index is -0.166. The van der Waals surface area contributed by atoms with Crippen LogP contribution in [0.4, 0.5) is 0 Å². The molecule has 0 radical (unpaired) electrons. The number of hydrogen-bond acceptors (Lipinski definition) is 4. The van der Waals surface area contributed by atoms with E-state index in [1.54, 1.807) is 20.3 Å². The Kier molecular flexibility index (Phi) is 2.68. The molecule has 0 aromatic heterocycles. The summed E-state index contributed by atoms with van der Waals surface area (Å²) in [7, 11) is 3.20. The van der Waals surface area contributed by atoms with Crippen LogP contribution in [0.15, 0.2) is 12.1 Å². The van der Waals surface area contributed by atoms with Gasteiger partial charge in [0.05, 0.1) is 20.8 Å². The molecule has 82 valence electrons. The molecule has 1 aliphatic rings. The Morgan fingerprint density at radius 1 is 1.40 bits per heavy atom. The van der Waals surface area contributed by atoms with Crippen molar-refractivity contribution >= 4 is 0 Å². The molecule has 1 aliphatic heterocycles. The van der Waals surface area contributed by atoms with E-state index in [2.05, 4.69) is 0 Å². The second-order valence-electron chi connectivity index (χ2n) is 3.44. The lowest BCUT2D eigenvalue weighted by atomic mass is 10.1. The van der Waals surface area contributed by atoms with Crippen molar-refractivity contribution in [3.05, 3.63) is 17.7 Å². The lowest BCUT2D eigenvalue weighted by Gasteiger charge is -2.10. The zero-order valence-electron chi connectivity index (χ0n) is 8.82. The molecule has 2 rings (SSSR count). The minimum Gasteiger partial charge on any atom is -0.497 e. The minimum absolute atomic E-state index is 0.0140. The Hall–Kier alpha value is -1.42. The maximum atomic E-state index is 9.03. The molecule has 0 bridgehead atoms. The van der Waals surface area contributed by atoms with Gasteiger partial charge in [0.25, 0.3) is 0 Å². The van der Waals surface area contributed by atoms with Crippen molar-refractivity contribution in [2.45, 2.75) is 12.5 Å². The Morgan fingerprint density at radius 2 is 2.20 bits per heavy atom. The van der Waals surface area contributed by atoms with E-state index in [1.807, 2.05) is 6.07 Å². The molecule has 4 nitrogen and oxygen atoms in total. The summed E-state index contributed by atoms with van der Waals surface area (Å²) < 4.78 is 15.9. The van der Waals surface area contributed by atoms with E-state index in [0.717, 1.165) is 17.1 Å². The van der Waals surface area contributed by atoms with Gasteiger partial charge in [-0.1, -0.05) is 0 Å². The highest BCUT2D eigenvalue weighted by Gasteiger charge is 2.26. The second kappa shape index (κ2) is 3.98. The van der Waals surface area contributed by atoms with Crippen LogP contribution in [0.25, 0.3) is 0 Å². The SMILES string of the molecule is COc1cc2c(c(OC)c1)OC(CO)C2. The summed E-state index contributed by atoms with van der Waals surface area (Å²) in [4.78, 5) is 0. The first kappa shape index (κ1) is 10.1. The normalized spacial score (nSPS) is 18.2. The number of rotatable bonds is 3. The predicted octanol–water partition coefficient (Wildman–Crippen LogP) is 1.000. The largest absolute Gasteiger partial charge is 0.497 e. The first-order valence-electron chi connectivity index (χ1n) is 4.81. The van der Waals surface area contributed by atoms with Gasteiger partial charge in [-0.2, -0.15) is 0 Å². The van der Waals surface area contributed by atoms with Crippen LogP contribution in [0.3, 0.4) is 0 Å². The van der Waals surface area contributed by atoms with E-state index in [4.69, 9.17) is 19.3 Å². The summed E-state index contributed by atoms with van der Waals surface area (Å²) in [5.41, 5.74) is 1.02. The molecule has 0 fully saturated rings. The number of hydrogen-bond donors (Lipinski definition) is 1. The standard InChI is InChI=1S/C11H14O4/c1-13-8-3-7-4-9(6-12)15-11(7)10(5-8)14-2/h3,5,9,12H,4,6H2,1-2H3. The molecule has 1 heterocycles. The van der Waals surface area contributed by atoms with E-state index in [-0.39, 0.29) is 12.7 Å². The van der Waals surface area contributed by atoms with Crippen LogP contribution in [-0.4, -0.2) is 32.0 Å². The summed E-state index contributed by atoms with van der Waals surface area (Å²) in [6.07, 6.45) is 0.528. The molecule has 1 aromatic rings. The molecule has 1 atom stereocenters. The molecule has 0 aliphatic carbocycles. The van der Waals surface area contributed by atoms with Crippen LogP contribution >= 0.6 is 0 Å². The summed E-state index contributed by atoms with van der Waals surface area (Å²) in [6, 6.07) is 3.69. The Bertz CT molecular complexity index is 362. The van der Waals surface area contributed by atoms with Gasteiger partial charge in [0.15, 0.2) is 11.5 Å². The molecule has 0 saturated carbocycles. The highest BCUT2D eigenvalue weighted by molar-refractivity contribution is 5.54. The van der Waals surface area contributed by atoms with Gasteiger partial charge in [0.2, 0.25) is 0 Å². The molecule has 0 saturated heterocycles. The highest BCUT2D eigenvalue weighted by atomic mass is 16.5. The Labute approximate surface area is 88.4 Å². The molecule has 0 spiro atoms. The summed E-state index contributed by atoms with van der Waals surface area (Å²) in [6.45, 7) is 0.0140. The fourth-order valence-corrected chi connectivity index (χ4v) is 1.74. The number of aliphatic hydroxyl groups excluding tert-OH is 1. The first-order valence-corrected chi connectivity index (χ1v) is 4.81. The number of methoxy groups -OCH3 is 2. The van der Waals surface area contributed by atoms with E-state index in [9.17, 15) is 0 Å². The molecule has 4 heteroatoms. The van der Waals surface area contributed by atoms with Gasteiger partial charge in [-0.25, -0.2) is 0 Å². The maximum absolute atomic E-state index is 9.03. The monoisotopic (exact) mass is 210 g/mol. The van der Waals surface area contributed by atoms with E-state index >= 15 is 0 Å². The number of fused-ring (bicyclic) bond motifs is 1. The molecule has 1 aromatic carbocycles. The molecular formula is C11H14O4. The van der Waals surface area contributed by atoms with Crippen molar-refractivity contribution in [2.24, 2.45) is 0 Å². The first-order chi connectivity index (χ1) is 7.28. The quantitative estimate of drug-likeness (QED) is 0.808. The van der Waals surface area contributed by atoms with Crippen molar-refractivity contribution in [3.8, 4) is 17.2 Å². The van der Waals surface area contributed by atoms with Crippen molar-refractivity contribution in [1.82, 2.24) is 0 Å². The van der Waals surface area contributed by atoms with Crippen molar-refractivity contribution in [3.63, 3.8) is 0 Å². The number of ether oxygens (including phenoxy) is 3. The van der Waals surface area contributed by atoms with Crippen LogP contribution < -0.4 is 14.2 Å². The molecule has 1 N–H and O–H groups in total. The van der Waals surface area contributed by atoms with Gasteiger partial charge >= 0.3 is 0 Å². The van der Waals surface area contributed by atoms with E-state index in [0.29, 0.717) is 12.2 Å². The number of aliphatic hydroxyl groups is 1. The number of benzene rings is 1. The van der Waals surface area contributed by atoms with Crippen LogP contribution in [-0.2, 0) is 6.42 Å². The van der Waals surface area contributed by atoms with Gasteiger partial charge in [0, 0.05) is 18.1 Å². The fourth-order valence-electron chi connectivity index (χ4n) is 1.74. The lowest BCUT2D eigenvalue weighted by molar-refractivity contribution is 0.132. The Balaban J connectivity index is 2.39. The third-order valence-electron chi connectivity index (χ3n) is 2.50. The van der Waals surface area contributed by atoms with Crippen molar-refractivity contribution in [1.29, 1.82) is 0 Å². The third-order valence-corrected chi connectivity index (χ3v) is 2.50. The molecule has 0 amide bonds. The van der Waals surface area contributed by atoms with Gasteiger partial charge in [-0.15, -0.1) is 0 Å². The zero-order chi connectivity index (χ0) is 10.8. The van der Waals surface area contributed by atoms with Crippen molar-refractivity contribution < 1.29 is 19.3 Å². The van der Waals surface area contributed by atoms with Crippen LogP contribution in [0.1, 0.15) is 5.56 Å². The summed E-state index contributed by atoms with van der Waals surface area (Å²) in [5, 5.41) is 9.03. The topological polar surface area (TPSA) is 47.9 Å². The van der Waals surface area contributed by atoms with Gasteiger partial charge in [0.1, 0.15) is 11.9 Å².